The number of carboxylic acids is 1. The second-order valence-corrected chi connectivity index (χ2v) is 11.6. The summed E-state index contributed by atoms with van der Waals surface area (Å²) < 4.78 is 0. The first-order valence-corrected chi connectivity index (χ1v) is 12.5. The van der Waals surface area contributed by atoms with Crippen molar-refractivity contribution in [3.8, 4) is 0 Å². The van der Waals surface area contributed by atoms with Crippen molar-refractivity contribution in [3.05, 3.63) is 36.2 Å². The minimum absolute atomic E-state index is 0.0529. The third-order valence-corrected chi connectivity index (χ3v) is 10.6. The molecule has 4 N–H and O–H groups in total. The molecule has 0 aromatic rings. The van der Waals surface area contributed by atoms with Crippen LogP contribution in [0.15, 0.2) is 36.2 Å². The van der Waals surface area contributed by atoms with Crippen molar-refractivity contribution >= 4 is 17.7 Å². The maximum absolute atomic E-state index is 13.4. The first-order chi connectivity index (χ1) is 15.7. The van der Waals surface area contributed by atoms with Gasteiger partial charge >= 0.3 is 5.97 Å². The molecule has 4 fully saturated rings. The number of carbonyl (C=O) groups excluding carboxylic acids is 2. The van der Waals surface area contributed by atoms with Crippen molar-refractivity contribution in [2.75, 3.05) is 0 Å². The van der Waals surface area contributed by atoms with Crippen LogP contribution in [0.5, 0.6) is 0 Å². The number of amides is 1. The molecule has 5 rings (SSSR count). The summed E-state index contributed by atoms with van der Waals surface area (Å²) in [5.41, 5.74) is 6.34. The number of carbonyl (C=O) groups is 3. The van der Waals surface area contributed by atoms with Crippen LogP contribution < -0.4 is 11.1 Å². The Balaban J connectivity index is 1.54. The number of hydrogen-bond donors (Lipinski definition) is 3. The molecule has 5 aliphatic rings. The lowest BCUT2D eigenvalue weighted by atomic mass is 9.40. The van der Waals surface area contributed by atoms with Crippen molar-refractivity contribution in [2.45, 2.75) is 58.8 Å². The Labute approximate surface area is 195 Å². The van der Waals surface area contributed by atoms with Crippen LogP contribution in [0.4, 0.5) is 0 Å². The van der Waals surface area contributed by atoms with E-state index in [9.17, 15) is 19.5 Å². The molecule has 4 saturated carbocycles. The number of allylic oxidation sites excluding steroid dienone is 5. The molecule has 1 amide bonds. The molecule has 0 bridgehead atoms. The average molecular weight is 453 g/mol. The highest BCUT2D eigenvalue weighted by Gasteiger charge is 2.66. The highest BCUT2D eigenvalue weighted by atomic mass is 16.4. The summed E-state index contributed by atoms with van der Waals surface area (Å²) in [7, 11) is 0. The van der Waals surface area contributed by atoms with Gasteiger partial charge in [0.25, 0.3) is 0 Å². The van der Waals surface area contributed by atoms with E-state index in [4.69, 9.17) is 5.73 Å². The third kappa shape index (κ3) is 3.16. The number of hydrogen-bond acceptors (Lipinski definition) is 4. The van der Waals surface area contributed by atoms with E-state index in [0.29, 0.717) is 11.8 Å². The molecule has 4 aliphatic carbocycles. The van der Waals surface area contributed by atoms with Gasteiger partial charge in [0.05, 0.1) is 17.8 Å². The van der Waals surface area contributed by atoms with Gasteiger partial charge in [0.2, 0.25) is 5.91 Å². The fourth-order valence-electron chi connectivity index (χ4n) is 9.10. The Morgan fingerprint density at radius 1 is 1.00 bits per heavy atom. The quantitative estimate of drug-likeness (QED) is 0.603. The summed E-state index contributed by atoms with van der Waals surface area (Å²) in [6.07, 6.45) is 15.2. The standard InChI is InChI=1S/C27H36N2O4/c1-26-12-11-17-15(16(26)9-10-19(26)25(32)33)7-8-18-23(21-6-4-3-5-13-29-21)22(30)14-20(24(28)31)27(17,18)2/h3-6,13,15-20,23,29H,7-12,14H2,1-2H3,(H2,28,31)(H,32,33)/t15-,16-,17-,18+,19+,20?,23?,26-,27+/m0/s1. The van der Waals surface area contributed by atoms with E-state index < -0.39 is 11.9 Å². The lowest BCUT2D eigenvalue weighted by Gasteiger charge is -2.63. The average Bonchev–Trinajstić information content (AvgIpc) is 2.92. The summed E-state index contributed by atoms with van der Waals surface area (Å²) in [6.45, 7) is 4.41. The van der Waals surface area contributed by atoms with E-state index in [2.05, 4.69) is 19.2 Å². The van der Waals surface area contributed by atoms with Gasteiger partial charge in [-0.2, -0.15) is 0 Å². The highest BCUT2D eigenvalue weighted by molar-refractivity contribution is 5.91. The lowest BCUT2D eigenvalue weighted by molar-refractivity contribution is -0.173. The SMILES string of the molecule is C[C@]12CC[C@H]3[C@@H](CC[C@@H]4C(C5=CC=CC=CN5)C(=O)CC(C(N)=O)[C@@]43C)[C@@H]1CC[C@@H]2C(=O)O. The summed E-state index contributed by atoms with van der Waals surface area (Å²) in [5.74, 6) is -0.827. The van der Waals surface area contributed by atoms with E-state index in [1.54, 1.807) is 0 Å². The van der Waals surface area contributed by atoms with Gasteiger partial charge in [0, 0.05) is 18.3 Å². The molecule has 0 saturated heterocycles. The van der Waals surface area contributed by atoms with Crippen LogP contribution in [-0.4, -0.2) is 22.8 Å². The number of fused-ring (bicyclic) bond motifs is 5. The predicted molar refractivity (Wildman–Crippen MR) is 124 cm³/mol. The number of nitrogens with one attached hydrogen (secondary N) is 1. The van der Waals surface area contributed by atoms with Gasteiger partial charge in [-0.05, 0) is 85.2 Å². The van der Waals surface area contributed by atoms with E-state index in [1.165, 1.54) is 0 Å². The molecule has 2 unspecified atom stereocenters. The Bertz CT molecular complexity index is 967. The maximum atomic E-state index is 13.4. The van der Waals surface area contributed by atoms with Crippen molar-refractivity contribution in [2.24, 2.45) is 58.0 Å². The zero-order chi connectivity index (χ0) is 23.5. The van der Waals surface area contributed by atoms with Crippen molar-refractivity contribution in [1.29, 1.82) is 0 Å². The van der Waals surface area contributed by atoms with Crippen LogP contribution >= 0.6 is 0 Å². The van der Waals surface area contributed by atoms with Gasteiger partial charge in [-0.3, -0.25) is 14.4 Å². The van der Waals surface area contributed by atoms with E-state index in [1.807, 2.05) is 30.5 Å². The van der Waals surface area contributed by atoms with Gasteiger partial charge in [0.15, 0.2) is 0 Å². The second-order valence-electron chi connectivity index (χ2n) is 11.6. The fourth-order valence-corrected chi connectivity index (χ4v) is 9.10. The minimum Gasteiger partial charge on any atom is -0.481 e. The largest absolute Gasteiger partial charge is 0.481 e. The normalized spacial score (nSPS) is 46.3. The molecule has 6 nitrogen and oxygen atoms in total. The van der Waals surface area contributed by atoms with Gasteiger partial charge in [0.1, 0.15) is 5.78 Å². The number of carboxylic acid groups (broad SMARTS) is 1. The van der Waals surface area contributed by atoms with Crippen LogP contribution in [0.2, 0.25) is 0 Å². The molecule has 6 heteroatoms. The Kier molecular flexibility index (Phi) is 5.33. The summed E-state index contributed by atoms with van der Waals surface area (Å²) in [6, 6.07) is 0. The molecule has 1 heterocycles. The molecule has 1 aliphatic heterocycles. The van der Waals surface area contributed by atoms with E-state index in [-0.39, 0.29) is 52.6 Å². The number of rotatable bonds is 3. The number of aliphatic carboxylic acids is 1. The van der Waals surface area contributed by atoms with Crippen LogP contribution in [0.1, 0.15) is 58.8 Å². The predicted octanol–water partition coefficient (Wildman–Crippen LogP) is 3.79. The maximum Gasteiger partial charge on any atom is 0.307 e. The fraction of sp³-hybridized carbons (Fsp3) is 0.667. The Morgan fingerprint density at radius 3 is 2.48 bits per heavy atom. The first-order valence-electron chi connectivity index (χ1n) is 12.5. The Morgan fingerprint density at radius 2 is 1.76 bits per heavy atom. The van der Waals surface area contributed by atoms with Gasteiger partial charge in [-0.15, -0.1) is 0 Å². The summed E-state index contributed by atoms with van der Waals surface area (Å²) in [4.78, 5) is 38.2. The molecule has 0 spiro atoms. The molecule has 0 radical (unpaired) electrons. The smallest absolute Gasteiger partial charge is 0.307 e. The van der Waals surface area contributed by atoms with Gasteiger partial charge < -0.3 is 16.2 Å². The summed E-state index contributed by atoms with van der Waals surface area (Å²) >= 11 is 0. The minimum atomic E-state index is -0.663. The second kappa shape index (κ2) is 7.85. The molecular formula is C27H36N2O4. The van der Waals surface area contributed by atoms with Crippen molar-refractivity contribution in [1.82, 2.24) is 5.32 Å². The molecular weight excluding hydrogens is 416 g/mol. The number of primary amides is 1. The zero-order valence-electron chi connectivity index (χ0n) is 19.6. The summed E-state index contributed by atoms with van der Waals surface area (Å²) in [5, 5.41) is 13.2. The van der Waals surface area contributed by atoms with Crippen molar-refractivity contribution in [3.63, 3.8) is 0 Å². The highest BCUT2D eigenvalue weighted by Crippen LogP contribution is 2.69. The van der Waals surface area contributed by atoms with Crippen LogP contribution in [0.3, 0.4) is 0 Å². The van der Waals surface area contributed by atoms with Crippen LogP contribution in [0, 0.1) is 52.3 Å². The molecule has 33 heavy (non-hydrogen) atoms. The van der Waals surface area contributed by atoms with Gasteiger partial charge in [-0.25, -0.2) is 0 Å². The lowest BCUT2D eigenvalue weighted by Crippen LogP contribution is -2.62. The Hall–Kier alpha value is -2.37. The topological polar surface area (TPSA) is 109 Å². The number of Topliss-reactive ketones (excluding diaryl/α,β-unsaturated/α-hetero) is 1. The molecule has 178 valence electrons. The third-order valence-electron chi connectivity index (χ3n) is 10.6. The van der Waals surface area contributed by atoms with Crippen molar-refractivity contribution < 1.29 is 19.5 Å². The first kappa shape index (κ1) is 22.4. The molecule has 9 atom stereocenters. The molecule has 0 aromatic heterocycles. The van der Waals surface area contributed by atoms with Crippen LogP contribution in [0.25, 0.3) is 0 Å². The van der Waals surface area contributed by atoms with E-state index >= 15 is 0 Å². The van der Waals surface area contributed by atoms with Crippen LogP contribution in [-0.2, 0) is 14.4 Å². The molecule has 0 aromatic carbocycles. The number of ketones is 1. The number of nitrogens with two attached hydrogens (primary N) is 1. The zero-order valence-corrected chi connectivity index (χ0v) is 19.6. The van der Waals surface area contributed by atoms with Gasteiger partial charge in [-0.1, -0.05) is 26.0 Å². The monoisotopic (exact) mass is 452 g/mol. The van der Waals surface area contributed by atoms with E-state index in [0.717, 1.165) is 44.2 Å².